The molecule has 0 aliphatic carbocycles. The van der Waals surface area contributed by atoms with Crippen molar-refractivity contribution in [2.24, 2.45) is 0 Å². The molecule has 22 heavy (non-hydrogen) atoms. The van der Waals surface area contributed by atoms with Gasteiger partial charge in [-0.2, -0.15) is 0 Å². The van der Waals surface area contributed by atoms with Gasteiger partial charge in [0, 0.05) is 12.5 Å². The molecule has 110 valence electrons. The summed E-state index contributed by atoms with van der Waals surface area (Å²) >= 11 is 0. The summed E-state index contributed by atoms with van der Waals surface area (Å²) in [5.41, 5.74) is 2.18. The third kappa shape index (κ3) is 3.97. The maximum Gasteiger partial charge on any atom is 0.338 e. The fourth-order valence-corrected chi connectivity index (χ4v) is 1.90. The zero-order chi connectivity index (χ0) is 15.9. The van der Waals surface area contributed by atoms with E-state index in [4.69, 9.17) is 11.2 Å². The number of nitrogens with one attached hydrogen (secondary N) is 1. The number of carbonyl (C=O) groups excluding carboxylic acids is 2. The summed E-state index contributed by atoms with van der Waals surface area (Å²) in [5, 5.41) is 2.61. The third-order valence-electron chi connectivity index (χ3n) is 2.93. The molecule has 0 fully saturated rings. The molecule has 4 nitrogen and oxygen atoms in total. The Balaban J connectivity index is 2.10. The van der Waals surface area contributed by atoms with E-state index in [2.05, 4.69) is 11.2 Å². The van der Waals surface area contributed by atoms with Crippen molar-refractivity contribution in [1.82, 2.24) is 0 Å². The fourth-order valence-electron chi connectivity index (χ4n) is 1.90. The van der Waals surface area contributed by atoms with Gasteiger partial charge < -0.3 is 10.1 Å². The van der Waals surface area contributed by atoms with E-state index in [-0.39, 0.29) is 12.5 Å². The third-order valence-corrected chi connectivity index (χ3v) is 2.93. The van der Waals surface area contributed by atoms with Gasteiger partial charge in [-0.3, -0.25) is 4.79 Å². The number of terminal acetylenes is 1. The second-order valence-corrected chi connectivity index (χ2v) is 4.65. The van der Waals surface area contributed by atoms with Gasteiger partial charge in [0.15, 0.2) is 0 Å². The van der Waals surface area contributed by atoms with Crippen LogP contribution in [0.3, 0.4) is 0 Å². The maximum absolute atomic E-state index is 12.0. The molecular formula is C18H15NO3. The smallest absolute Gasteiger partial charge is 0.338 e. The normalized spacial score (nSPS) is 9.64. The molecule has 0 aliphatic rings. The van der Waals surface area contributed by atoms with Crippen molar-refractivity contribution < 1.29 is 14.3 Å². The van der Waals surface area contributed by atoms with Crippen LogP contribution in [-0.4, -0.2) is 11.9 Å². The molecule has 0 aliphatic heterocycles. The number of benzene rings is 2. The average molecular weight is 293 g/mol. The first-order valence-corrected chi connectivity index (χ1v) is 6.69. The first-order chi connectivity index (χ1) is 10.6. The summed E-state index contributed by atoms with van der Waals surface area (Å²) < 4.78 is 5.24. The zero-order valence-electron chi connectivity index (χ0n) is 12.1. The number of ether oxygens (including phenoxy) is 1. The van der Waals surface area contributed by atoms with Gasteiger partial charge in [-0.1, -0.05) is 36.3 Å². The Morgan fingerprint density at radius 2 is 1.91 bits per heavy atom. The van der Waals surface area contributed by atoms with E-state index >= 15 is 0 Å². The van der Waals surface area contributed by atoms with Gasteiger partial charge in [0.05, 0.1) is 11.3 Å². The lowest BCUT2D eigenvalue weighted by Crippen LogP contribution is -2.09. The fraction of sp³-hybridized carbons (Fsp3) is 0.111. The number of esters is 1. The van der Waals surface area contributed by atoms with E-state index in [1.165, 1.54) is 13.0 Å². The Morgan fingerprint density at radius 1 is 1.18 bits per heavy atom. The lowest BCUT2D eigenvalue weighted by molar-refractivity contribution is -0.114. The molecule has 0 unspecified atom stereocenters. The minimum absolute atomic E-state index is 0.193. The highest BCUT2D eigenvalue weighted by Gasteiger charge is 2.11. The van der Waals surface area contributed by atoms with Crippen molar-refractivity contribution in [3.63, 3.8) is 0 Å². The number of rotatable bonds is 4. The van der Waals surface area contributed by atoms with E-state index in [1.807, 2.05) is 30.3 Å². The van der Waals surface area contributed by atoms with Crippen LogP contribution in [0.2, 0.25) is 0 Å². The molecule has 0 radical (unpaired) electrons. The lowest BCUT2D eigenvalue weighted by atomic mass is 10.1. The first kappa shape index (κ1) is 15.3. The Kier molecular flexibility index (Phi) is 4.94. The van der Waals surface area contributed by atoms with Gasteiger partial charge in [-0.25, -0.2) is 4.79 Å². The second-order valence-electron chi connectivity index (χ2n) is 4.65. The molecule has 0 heterocycles. The van der Waals surface area contributed by atoms with Gasteiger partial charge in [-0.15, -0.1) is 6.42 Å². The van der Waals surface area contributed by atoms with Crippen molar-refractivity contribution in [3.05, 3.63) is 65.2 Å². The number of hydrogen-bond acceptors (Lipinski definition) is 3. The molecule has 0 bridgehead atoms. The van der Waals surface area contributed by atoms with E-state index in [0.29, 0.717) is 16.8 Å². The topological polar surface area (TPSA) is 55.4 Å². The molecule has 0 aromatic heterocycles. The SMILES string of the molecule is C#Cc1cc(C(=O)OCc2ccccc2)ccc1NC(C)=O. The number of hydrogen-bond donors (Lipinski definition) is 1. The highest BCUT2D eigenvalue weighted by Crippen LogP contribution is 2.18. The van der Waals surface area contributed by atoms with Crippen molar-refractivity contribution >= 4 is 17.6 Å². The van der Waals surface area contributed by atoms with E-state index in [0.717, 1.165) is 5.56 Å². The number of amides is 1. The largest absolute Gasteiger partial charge is 0.457 e. The van der Waals surface area contributed by atoms with Crippen LogP contribution in [0.15, 0.2) is 48.5 Å². The Morgan fingerprint density at radius 3 is 2.55 bits per heavy atom. The predicted molar refractivity (Wildman–Crippen MR) is 84.2 cm³/mol. The van der Waals surface area contributed by atoms with Crippen LogP contribution < -0.4 is 5.32 Å². The van der Waals surface area contributed by atoms with E-state index in [9.17, 15) is 9.59 Å². The molecule has 0 spiro atoms. The molecular weight excluding hydrogens is 278 g/mol. The minimum Gasteiger partial charge on any atom is -0.457 e. The quantitative estimate of drug-likeness (QED) is 0.696. The van der Waals surface area contributed by atoms with Crippen molar-refractivity contribution in [1.29, 1.82) is 0 Å². The molecule has 0 saturated heterocycles. The zero-order valence-corrected chi connectivity index (χ0v) is 12.1. The summed E-state index contributed by atoms with van der Waals surface area (Å²) in [5.74, 6) is 1.76. The monoisotopic (exact) mass is 293 g/mol. The Bertz CT molecular complexity index is 730. The van der Waals surface area contributed by atoms with Crippen molar-refractivity contribution in [2.45, 2.75) is 13.5 Å². The van der Waals surface area contributed by atoms with Crippen molar-refractivity contribution in [3.8, 4) is 12.3 Å². The molecule has 1 amide bonds. The highest BCUT2D eigenvalue weighted by atomic mass is 16.5. The van der Waals surface area contributed by atoms with Gasteiger partial charge in [0.2, 0.25) is 5.91 Å². The number of anilines is 1. The summed E-state index contributed by atoms with van der Waals surface area (Å²) in [4.78, 5) is 23.1. The number of carbonyl (C=O) groups is 2. The maximum atomic E-state index is 12.0. The average Bonchev–Trinajstić information content (AvgIpc) is 2.53. The molecule has 2 rings (SSSR count). The predicted octanol–water partition coefficient (Wildman–Crippen LogP) is 2.98. The van der Waals surface area contributed by atoms with Gasteiger partial charge in [0.25, 0.3) is 0 Å². The van der Waals surface area contributed by atoms with Crippen LogP contribution in [0.5, 0.6) is 0 Å². The summed E-state index contributed by atoms with van der Waals surface area (Å²) in [6, 6.07) is 14.1. The molecule has 0 saturated carbocycles. The van der Waals surface area contributed by atoms with Crippen LogP contribution >= 0.6 is 0 Å². The van der Waals surface area contributed by atoms with E-state index < -0.39 is 5.97 Å². The second kappa shape index (κ2) is 7.09. The van der Waals surface area contributed by atoms with Gasteiger partial charge >= 0.3 is 5.97 Å². The summed E-state index contributed by atoms with van der Waals surface area (Å²) in [7, 11) is 0. The molecule has 2 aromatic carbocycles. The van der Waals surface area contributed by atoms with Crippen LogP contribution in [0.4, 0.5) is 5.69 Å². The molecule has 1 N–H and O–H groups in total. The first-order valence-electron chi connectivity index (χ1n) is 6.69. The van der Waals surface area contributed by atoms with Crippen LogP contribution in [0.1, 0.15) is 28.4 Å². The molecule has 4 heteroatoms. The Labute approximate surface area is 129 Å². The summed E-state index contributed by atoms with van der Waals surface area (Å²) in [6.45, 7) is 1.58. The Hall–Kier alpha value is -3.06. The van der Waals surface area contributed by atoms with Crippen LogP contribution in [-0.2, 0) is 16.1 Å². The molecule has 0 atom stereocenters. The standard InChI is InChI=1S/C18H15NO3/c1-3-15-11-16(9-10-17(15)19-13(2)20)18(21)22-12-14-7-5-4-6-8-14/h1,4-11H,12H2,2H3,(H,19,20). The van der Waals surface area contributed by atoms with Gasteiger partial charge in [0.1, 0.15) is 6.61 Å². The van der Waals surface area contributed by atoms with Gasteiger partial charge in [-0.05, 0) is 23.8 Å². The highest BCUT2D eigenvalue weighted by molar-refractivity contribution is 5.94. The van der Waals surface area contributed by atoms with Crippen LogP contribution in [0.25, 0.3) is 0 Å². The summed E-state index contributed by atoms with van der Waals surface area (Å²) in [6.07, 6.45) is 5.41. The van der Waals surface area contributed by atoms with Crippen LogP contribution in [0, 0.1) is 12.3 Å². The lowest BCUT2D eigenvalue weighted by Gasteiger charge is -2.08. The molecule has 2 aromatic rings. The minimum atomic E-state index is -0.463. The van der Waals surface area contributed by atoms with Crippen molar-refractivity contribution in [2.75, 3.05) is 5.32 Å². The van der Waals surface area contributed by atoms with E-state index in [1.54, 1.807) is 12.1 Å².